The standard InChI is InChI=1S/C13H9N5O3/c19-13-10-7-14-17-12(10)15-11(16-13)6-3-8-1-4-9(5-2-8)18(20)21/h1-7H,(H2,14,15,16,17,19)/b6-3+. The van der Waals surface area contributed by atoms with Crippen molar-refractivity contribution in [2.24, 2.45) is 0 Å². The third-order valence-corrected chi connectivity index (χ3v) is 2.88. The van der Waals surface area contributed by atoms with E-state index >= 15 is 0 Å². The van der Waals surface area contributed by atoms with Crippen LogP contribution in [0.25, 0.3) is 23.2 Å². The Bertz CT molecular complexity index is 892. The van der Waals surface area contributed by atoms with Gasteiger partial charge in [-0.2, -0.15) is 5.10 Å². The number of nitrogens with zero attached hydrogens (tertiary/aromatic N) is 3. The monoisotopic (exact) mass is 283 g/mol. The number of nitrogens with one attached hydrogen (secondary N) is 2. The van der Waals surface area contributed by atoms with Crippen LogP contribution in [0.15, 0.2) is 35.3 Å². The number of nitro benzene ring substituents is 1. The summed E-state index contributed by atoms with van der Waals surface area (Å²) in [4.78, 5) is 28.6. The van der Waals surface area contributed by atoms with Gasteiger partial charge in [0.05, 0.1) is 11.1 Å². The maximum Gasteiger partial charge on any atom is 0.269 e. The SMILES string of the molecule is O=c1[nH]c(/C=C/c2ccc([N+](=O)[O-])cc2)nc2[nH]ncc12. The van der Waals surface area contributed by atoms with Gasteiger partial charge in [-0.25, -0.2) is 4.98 Å². The van der Waals surface area contributed by atoms with Gasteiger partial charge >= 0.3 is 0 Å². The Morgan fingerprint density at radius 3 is 2.67 bits per heavy atom. The van der Waals surface area contributed by atoms with Crippen LogP contribution in [0.4, 0.5) is 5.69 Å². The van der Waals surface area contributed by atoms with Gasteiger partial charge in [-0.1, -0.05) is 6.08 Å². The van der Waals surface area contributed by atoms with E-state index in [1.165, 1.54) is 18.3 Å². The van der Waals surface area contributed by atoms with Crippen LogP contribution < -0.4 is 5.56 Å². The molecule has 2 aromatic heterocycles. The number of aromatic nitrogens is 4. The highest BCUT2D eigenvalue weighted by Crippen LogP contribution is 2.13. The maximum absolute atomic E-state index is 11.7. The van der Waals surface area contributed by atoms with Crippen molar-refractivity contribution in [2.75, 3.05) is 0 Å². The molecule has 0 saturated heterocycles. The van der Waals surface area contributed by atoms with Gasteiger partial charge in [0, 0.05) is 12.1 Å². The molecule has 0 aliphatic rings. The molecule has 3 aromatic rings. The first-order valence-corrected chi connectivity index (χ1v) is 5.99. The zero-order valence-corrected chi connectivity index (χ0v) is 10.6. The van der Waals surface area contributed by atoms with Crippen molar-refractivity contribution >= 4 is 28.9 Å². The Balaban J connectivity index is 1.90. The highest BCUT2D eigenvalue weighted by Gasteiger charge is 2.04. The van der Waals surface area contributed by atoms with E-state index < -0.39 is 4.92 Å². The molecule has 3 rings (SSSR count). The molecule has 0 aliphatic heterocycles. The summed E-state index contributed by atoms with van der Waals surface area (Å²) in [6, 6.07) is 6.05. The minimum atomic E-state index is -0.460. The van der Waals surface area contributed by atoms with E-state index in [4.69, 9.17) is 0 Å². The predicted octanol–water partition coefficient (Wildman–Crippen LogP) is 1.72. The van der Waals surface area contributed by atoms with Crippen molar-refractivity contribution < 1.29 is 4.92 Å². The van der Waals surface area contributed by atoms with Gasteiger partial charge in [0.25, 0.3) is 11.2 Å². The Labute approximate surface area is 117 Å². The normalized spacial score (nSPS) is 11.2. The second kappa shape index (κ2) is 5.00. The molecule has 8 heteroatoms. The summed E-state index contributed by atoms with van der Waals surface area (Å²) >= 11 is 0. The third kappa shape index (κ3) is 2.54. The molecule has 21 heavy (non-hydrogen) atoms. The van der Waals surface area contributed by atoms with Crippen LogP contribution in [0.5, 0.6) is 0 Å². The number of aromatic amines is 2. The van der Waals surface area contributed by atoms with Crippen molar-refractivity contribution in [1.82, 2.24) is 20.2 Å². The van der Waals surface area contributed by atoms with Gasteiger partial charge in [0.2, 0.25) is 0 Å². The number of hydrogen-bond acceptors (Lipinski definition) is 5. The van der Waals surface area contributed by atoms with E-state index in [1.54, 1.807) is 24.3 Å². The Hall–Kier alpha value is -3.29. The third-order valence-electron chi connectivity index (χ3n) is 2.88. The van der Waals surface area contributed by atoms with Crippen LogP contribution >= 0.6 is 0 Å². The average Bonchev–Trinajstić information content (AvgIpc) is 2.94. The molecular weight excluding hydrogens is 274 g/mol. The lowest BCUT2D eigenvalue weighted by molar-refractivity contribution is -0.384. The van der Waals surface area contributed by atoms with Gasteiger partial charge in [-0.3, -0.25) is 20.0 Å². The molecule has 0 bridgehead atoms. The maximum atomic E-state index is 11.7. The number of rotatable bonds is 3. The molecule has 1 aromatic carbocycles. The molecule has 0 aliphatic carbocycles. The lowest BCUT2D eigenvalue weighted by Crippen LogP contribution is -2.08. The molecule has 0 atom stereocenters. The number of nitro groups is 1. The fourth-order valence-corrected chi connectivity index (χ4v) is 1.82. The zero-order valence-electron chi connectivity index (χ0n) is 10.6. The van der Waals surface area contributed by atoms with Crippen LogP contribution in [0, 0.1) is 10.1 Å². The summed E-state index contributed by atoms with van der Waals surface area (Å²) < 4.78 is 0. The van der Waals surface area contributed by atoms with E-state index in [9.17, 15) is 14.9 Å². The minimum Gasteiger partial charge on any atom is -0.306 e. The first-order chi connectivity index (χ1) is 10.1. The molecule has 2 heterocycles. The summed E-state index contributed by atoms with van der Waals surface area (Å²) in [5, 5.41) is 17.3. The Morgan fingerprint density at radius 1 is 1.19 bits per heavy atom. The van der Waals surface area contributed by atoms with E-state index in [0.717, 1.165) is 5.56 Å². The molecule has 0 fully saturated rings. The molecule has 0 radical (unpaired) electrons. The summed E-state index contributed by atoms with van der Waals surface area (Å²) in [6.45, 7) is 0. The first kappa shape index (κ1) is 12.7. The van der Waals surface area contributed by atoms with Crippen LogP contribution in [0.1, 0.15) is 11.4 Å². The van der Waals surface area contributed by atoms with Crippen molar-refractivity contribution in [2.45, 2.75) is 0 Å². The quantitative estimate of drug-likeness (QED) is 0.560. The largest absolute Gasteiger partial charge is 0.306 e. The van der Waals surface area contributed by atoms with Crippen LogP contribution in [-0.4, -0.2) is 25.1 Å². The highest BCUT2D eigenvalue weighted by molar-refractivity contribution is 5.75. The van der Waals surface area contributed by atoms with Gasteiger partial charge in [-0.15, -0.1) is 0 Å². The van der Waals surface area contributed by atoms with Crippen molar-refractivity contribution in [3.8, 4) is 0 Å². The molecular formula is C13H9N5O3. The molecule has 0 amide bonds. The topological polar surface area (TPSA) is 118 Å². The Kier molecular flexibility index (Phi) is 3.03. The van der Waals surface area contributed by atoms with Gasteiger partial charge in [0.1, 0.15) is 11.2 Å². The molecule has 2 N–H and O–H groups in total. The van der Waals surface area contributed by atoms with Crippen molar-refractivity contribution in [3.05, 3.63) is 62.3 Å². The summed E-state index contributed by atoms with van der Waals surface area (Å²) in [6.07, 6.45) is 4.72. The highest BCUT2D eigenvalue weighted by atomic mass is 16.6. The van der Waals surface area contributed by atoms with Crippen LogP contribution in [0.3, 0.4) is 0 Å². The van der Waals surface area contributed by atoms with Crippen LogP contribution in [0.2, 0.25) is 0 Å². The smallest absolute Gasteiger partial charge is 0.269 e. The number of non-ortho nitro benzene ring substituents is 1. The van der Waals surface area contributed by atoms with E-state index in [-0.39, 0.29) is 11.2 Å². The molecule has 0 saturated carbocycles. The second-order valence-corrected chi connectivity index (χ2v) is 4.27. The number of H-pyrrole nitrogens is 2. The first-order valence-electron chi connectivity index (χ1n) is 5.99. The number of hydrogen-bond donors (Lipinski definition) is 2. The molecule has 0 unspecified atom stereocenters. The van der Waals surface area contributed by atoms with E-state index in [0.29, 0.717) is 16.9 Å². The van der Waals surface area contributed by atoms with Gasteiger partial charge in [-0.05, 0) is 23.8 Å². The number of benzene rings is 1. The lowest BCUT2D eigenvalue weighted by Gasteiger charge is -1.95. The molecule has 104 valence electrons. The van der Waals surface area contributed by atoms with Crippen LogP contribution in [-0.2, 0) is 0 Å². The fraction of sp³-hybridized carbons (Fsp3) is 0. The fourth-order valence-electron chi connectivity index (χ4n) is 1.82. The number of fused-ring (bicyclic) bond motifs is 1. The molecule has 8 nitrogen and oxygen atoms in total. The zero-order chi connectivity index (χ0) is 14.8. The second-order valence-electron chi connectivity index (χ2n) is 4.27. The van der Waals surface area contributed by atoms with Crippen molar-refractivity contribution in [1.29, 1.82) is 0 Å². The molecule has 0 spiro atoms. The Morgan fingerprint density at radius 2 is 1.95 bits per heavy atom. The predicted molar refractivity (Wildman–Crippen MR) is 76.5 cm³/mol. The van der Waals surface area contributed by atoms with E-state index in [1.807, 2.05) is 0 Å². The summed E-state index contributed by atoms with van der Waals surface area (Å²) in [5.41, 5.74) is 0.907. The van der Waals surface area contributed by atoms with E-state index in [2.05, 4.69) is 20.2 Å². The summed E-state index contributed by atoms with van der Waals surface area (Å²) in [7, 11) is 0. The van der Waals surface area contributed by atoms with Gasteiger partial charge < -0.3 is 4.98 Å². The van der Waals surface area contributed by atoms with Gasteiger partial charge in [0.15, 0.2) is 5.65 Å². The summed E-state index contributed by atoms with van der Waals surface area (Å²) in [5.74, 6) is 0.370. The minimum absolute atomic E-state index is 0.0255. The van der Waals surface area contributed by atoms with Crippen molar-refractivity contribution in [3.63, 3.8) is 0 Å². The average molecular weight is 283 g/mol. The lowest BCUT2D eigenvalue weighted by atomic mass is 10.2.